The normalized spacial score (nSPS) is 46.8. The Bertz CT molecular complexity index is 151. The summed E-state index contributed by atoms with van der Waals surface area (Å²) in [5.74, 6) is 0. The summed E-state index contributed by atoms with van der Waals surface area (Å²) in [6.07, 6.45) is 1.69. The Balaban J connectivity index is 2.77. The lowest BCUT2D eigenvalue weighted by Gasteiger charge is -2.33. The number of aliphatic hydroxyl groups is 2. The Morgan fingerprint density at radius 3 is 2.60 bits per heavy atom. The maximum Gasteiger partial charge on any atom is 0.124 e. The number of ether oxygens (including phenoxy) is 1. The van der Waals surface area contributed by atoms with E-state index in [1.165, 1.54) is 12.3 Å². The molecule has 0 amide bonds. The van der Waals surface area contributed by atoms with Gasteiger partial charge in [0.2, 0.25) is 0 Å². The number of hydrogen-bond acceptors (Lipinski definition) is 3. The van der Waals surface area contributed by atoms with Crippen LogP contribution in [0, 0.1) is 0 Å². The molecule has 3 nitrogen and oxygen atoms in total. The molecule has 0 aliphatic carbocycles. The van der Waals surface area contributed by atoms with Crippen molar-refractivity contribution in [3.05, 3.63) is 12.3 Å². The van der Waals surface area contributed by atoms with E-state index in [-0.39, 0.29) is 6.10 Å². The van der Waals surface area contributed by atoms with Crippen molar-refractivity contribution in [2.45, 2.75) is 31.7 Å². The summed E-state index contributed by atoms with van der Waals surface area (Å²) in [5.41, 5.74) is -1.14. The first-order valence-electron chi connectivity index (χ1n) is 3.27. The van der Waals surface area contributed by atoms with Crippen LogP contribution in [0.1, 0.15) is 13.8 Å². The molecule has 0 unspecified atom stereocenters. The summed E-state index contributed by atoms with van der Waals surface area (Å²) in [5, 5.41) is 18.7. The van der Waals surface area contributed by atoms with Crippen LogP contribution < -0.4 is 0 Å². The van der Waals surface area contributed by atoms with E-state index in [0.717, 1.165) is 0 Å². The molecule has 3 atom stereocenters. The fraction of sp³-hybridized carbons (Fsp3) is 0.714. The standard InChI is InChI=1S/C7H12O3/c1-5-6(8)7(2,9)3-4-10-5/h3-6,8-9H,1-2H3/t5-,6-,7+/m0/s1. The van der Waals surface area contributed by atoms with Crippen LogP contribution in [0.15, 0.2) is 12.3 Å². The highest BCUT2D eigenvalue weighted by molar-refractivity contribution is 5.05. The molecule has 0 aromatic carbocycles. The van der Waals surface area contributed by atoms with Crippen molar-refractivity contribution in [2.75, 3.05) is 0 Å². The quantitative estimate of drug-likeness (QED) is 0.504. The zero-order valence-electron chi connectivity index (χ0n) is 6.11. The van der Waals surface area contributed by atoms with Crippen LogP contribution in [0.4, 0.5) is 0 Å². The minimum Gasteiger partial charge on any atom is -0.496 e. The van der Waals surface area contributed by atoms with Crippen molar-refractivity contribution < 1.29 is 14.9 Å². The second-order valence-electron chi connectivity index (χ2n) is 2.81. The minimum absolute atomic E-state index is 0.333. The lowest BCUT2D eigenvalue weighted by molar-refractivity contribution is -0.103. The third-order valence-corrected chi connectivity index (χ3v) is 1.74. The molecule has 0 aromatic heterocycles. The van der Waals surface area contributed by atoms with Crippen LogP contribution in [0.5, 0.6) is 0 Å². The number of rotatable bonds is 0. The first-order valence-corrected chi connectivity index (χ1v) is 3.27. The van der Waals surface area contributed by atoms with Gasteiger partial charge in [-0.25, -0.2) is 0 Å². The molecule has 10 heavy (non-hydrogen) atoms. The van der Waals surface area contributed by atoms with Gasteiger partial charge in [0.05, 0.1) is 6.26 Å². The van der Waals surface area contributed by atoms with E-state index in [0.29, 0.717) is 0 Å². The molecule has 0 fully saturated rings. The summed E-state index contributed by atoms with van der Waals surface area (Å²) >= 11 is 0. The van der Waals surface area contributed by atoms with Gasteiger partial charge in [-0.3, -0.25) is 0 Å². The third-order valence-electron chi connectivity index (χ3n) is 1.74. The van der Waals surface area contributed by atoms with E-state index >= 15 is 0 Å². The first-order chi connectivity index (χ1) is 4.54. The molecule has 1 heterocycles. The molecule has 58 valence electrons. The average Bonchev–Trinajstić information content (AvgIpc) is 1.83. The van der Waals surface area contributed by atoms with E-state index in [1.54, 1.807) is 13.8 Å². The molecule has 2 N–H and O–H groups in total. The van der Waals surface area contributed by atoms with E-state index in [1.807, 2.05) is 0 Å². The molecule has 0 saturated carbocycles. The van der Waals surface area contributed by atoms with E-state index in [4.69, 9.17) is 4.74 Å². The Hall–Kier alpha value is -0.540. The van der Waals surface area contributed by atoms with Gasteiger partial charge in [-0.1, -0.05) is 0 Å². The molecule has 1 rings (SSSR count). The van der Waals surface area contributed by atoms with Gasteiger partial charge in [0, 0.05) is 0 Å². The number of hydrogen-bond donors (Lipinski definition) is 2. The van der Waals surface area contributed by atoms with Crippen LogP contribution in [0.2, 0.25) is 0 Å². The van der Waals surface area contributed by atoms with Gasteiger partial charge >= 0.3 is 0 Å². The maximum atomic E-state index is 9.40. The van der Waals surface area contributed by atoms with Gasteiger partial charge in [0.25, 0.3) is 0 Å². The summed E-state index contributed by atoms with van der Waals surface area (Å²) in [6, 6.07) is 0. The molecule has 0 bridgehead atoms. The topological polar surface area (TPSA) is 49.7 Å². The van der Waals surface area contributed by atoms with Crippen LogP contribution >= 0.6 is 0 Å². The van der Waals surface area contributed by atoms with Crippen molar-refractivity contribution >= 4 is 0 Å². The zero-order chi connectivity index (χ0) is 7.78. The molecule has 3 heteroatoms. The van der Waals surface area contributed by atoms with E-state index in [2.05, 4.69) is 0 Å². The molecular weight excluding hydrogens is 132 g/mol. The Morgan fingerprint density at radius 2 is 2.20 bits per heavy atom. The number of aliphatic hydroxyl groups excluding tert-OH is 1. The highest BCUT2D eigenvalue weighted by Gasteiger charge is 2.35. The molecule has 0 aromatic rings. The molecule has 0 spiro atoms. The van der Waals surface area contributed by atoms with Crippen molar-refractivity contribution in [3.8, 4) is 0 Å². The molecule has 0 saturated heterocycles. The second kappa shape index (κ2) is 2.25. The van der Waals surface area contributed by atoms with Gasteiger partial charge in [-0.2, -0.15) is 0 Å². The molecule has 1 aliphatic heterocycles. The SMILES string of the molecule is C[C@@H]1OC=C[C@@](C)(O)[C@H]1O. The molecule has 1 aliphatic rings. The average molecular weight is 144 g/mol. The third kappa shape index (κ3) is 1.15. The van der Waals surface area contributed by atoms with Gasteiger partial charge in [-0.15, -0.1) is 0 Å². The lowest BCUT2D eigenvalue weighted by Crippen LogP contribution is -2.47. The van der Waals surface area contributed by atoms with E-state index in [9.17, 15) is 10.2 Å². The summed E-state index contributed by atoms with van der Waals surface area (Å²) < 4.78 is 4.94. The summed E-state index contributed by atoms with van der Waals surface area (Å²) in [4.78, 5) is 0. The van der Waals surface area contributed by atoms with E-state index < -0.39 is 11.7 Å². The van der Waals surface area contributed by atoms with Crippen molar-refractivity contribution in [1.82, 2.24) is 0 Å². The van der Waals surface area contributed by atoms with Gasteiger partial charge in [0.1, 0.15) is 17.8 Å². The highest BCUT2D eigenvalue weighted by Crippen LogP contribution is 2.21. The van der Waals surface area contributed by atoms with Crippen molar-refractivity contribution in [3.63, 3.8) is 0 Å². The Kier molecular flexibility index (Phi) is 1.70. The highest BCUT2D eigenvalue weighted by atomic mass is 16.5. The first kappa shape index (κ1) is 7.57. The molecular formula is C7H12O3. The van der Waals surface area contributed by atoms with Crippen LogP contribution in [0.25, 0.3) is 0 Å². The van der Waals surface area contributed by atoms with Crippen LogP contribution in [-0.4, -0.2) is 28.0 Å². The second-order valence-corrected chi connectivity index (χ2v) is 2.81. The van der Waals surface area contributed by atoms with Gasteiger partial charge < -0.3 is 14.9 Å². The smallest absolute Gasteiger partial charge is 0.124 e. The van der Waals surface area contributed by atoms with Crippen molar-refractivity contribution in [1.29, 1.82) is 0 Å². The van der Waals surface area contributed by atoms with Gasteiger partial charge in [-0.05, 0) is 19.9 Å². The lowest BCUT2D eigenvalue weighted by atomic mass is 9.94. The van der Waals surface area contributed by atoms with Gasteiger partial charge in [0.15, 0.2) is 0 Å². The summed E-state index contributed by atoms with van der Waals surface area (Å²) in [7, 11) is 0. The zero-order valence-corrected chi connectivity index (χ0v) is 6.11. The summed E-state index contributed by atoms with van der Waals surface area (Å²) in [6.45, 7) is 3.26. The predicted octanol–water partition coefficient (Wildman–Crippen LogP) is 0.0307. The van der Waals surface area contributed by atoms with Crippen molar-refractivity contribution in [2.24, 2.45) is 0 Å². The monoisotopic (exact) mass is 144 g/mol. The van der Waals surface area contributed by atoms with Crippen LogP contribution in [0.3, 0.4) is 0 Å². The minimum atomic E-state index is -1.14. The fourth-order valence-corrected chi connectivity index (χ4v) is 0.949. The predicted molar refractivity (Wildman–Crippen MR) is 36.3 cm³/mol. The Labute approximate surface area is 59.9 Å². The molecule has 0 radical (unpaired) electrons. The fourth-order valence-electron chi connectivity index (χ4n) is 0.949. The maximum absolute atomic E-state index is 9.40. The van der Waals surface area contributed by atoms with Crippen LogP contribution in [-0.2, 0) is 4.74 Å². The Morgan fingerprint density at radius 1 is 1.60 bits per heavy atom. The largest absolute Gasteiger partial charge is 0.496 e.